The van der Waals surface area contributed by atoms with Gasteiger partial charge in [0.1, 0.15) is 17.2 Å². The Hall–Kier alpha value is -4.60. The third-order valence-corrected chi connectivity index (χ3v) is 4.39. The molecule has 0 radical (unpaired) electrons. The summed E-state index contributed by atoms with van der Waals surface area (Å²) in [5.41, 5.74) is 3.55. The zero-order chi connectivity index (χ0) is 23.8. The van der Waals surface area contributed by atoms with Gasteiger partial charge in [-0.05, 0) is 61.0 Å². The van der Waals surface area contributed by atoms with Crippen molar-refractivity contribution in [3.63, 3.8) is 0 Å². The highest BCUT2D eigenvalue weighted by Crippen LogP contribution is 2.28. The van der Waals surface area contributed by atoms with Gasteiger partial charge in [0, 0.05) is 6.07 Å². The Labute approximate surface area is 189 Å². The van der Waals surface area contributed by atoms with Crippen molar-refractivity contribution in [2.24, 2.45) is 5.10 Å². The zero-order valence-corrected chi connectivity index (χ0v) is 18.1. The summed E-state index contributed by atoms with van der Waals surface area (Å²) in [4.78, 5) is 36.3. The van der Waals surface area contributed by atoms with Gasteiger partial charge in [-0.1, -0.05) is 0 Å². The molecule has 0 aliphatic rings. The Balaban J connectivity index is 1.59. The third kappa shape index (κ3) is 5.97. The molecular formula is C23H21N3O7. The molecule has 10 nitrogen and oxygen atoms in total. The number of hydrazone groups is 1. The number of furan rings is 1. The van der Waals surface area contributed by atoms with E-state index in [9.17, 15) is 14.4 Å². The number of methoxy groups -OCH3 is 2. The topological polar surface area (TPSA) is 128 Å². The number of carbonyl (C=O) groups is 3. The second-order valence-electron chi connectivity index (χ2n) is 6.55. The summed E-state index contributed by atoms with van der Waals surface area (Å²) in [5, 5.41) is 6.40. The van der Waals surface area contributed by atoms with Gasteiger partial charge in [0.25, 0.3) is 0 Å². The van der Waals surface area contributed by atoms with Crippen molar-refractivity contribution in [1.29, 1.82) is 0 Å². The van der Waals surface area contributed by atoms with Crippen LogP contribution in [0.15, 0.2) is 70.4 Å². The van der Waals surface area contributed by atoms with Crippen molar-refractivity contribution >= 4 is 29.2 Å². The highest BCUT2D eigenvalue weighted by atomic mass is 16.5. The molecular weight excluding hydrogens is 430 g/mol. The Morgan fingerprint density at radius 2 is 1.64 bits per heavy atom. The summed E-state index contributed by atoms with van der Waals surface area (Å²) in [6.45, 7) is 1.65. The highest BCUT2D eigenvalue weighted by Gasteiger charge is 2.16. The van der Waals surface area contributed by atoms with Gasteiger partial charge in [0.2, 0.25) is 5.76 Å². The van der Waals surface area contributed by atoms with Crippen molar-refractivity contribution in [2.45, 2.75) is 6.92 Å². The second-order valence-corrected chi connectivity index (χ2v) is 6.55. The van der Waals surface area contributed by atoms with Gasteiger partial charge in [0.15, 0.2) is 0 Å². The van der Waals surface area contributed by atoms with Crippen LogP contribution in [0, 0.1) is 0 Å². The number of rotatable bonds is 7. The fourth-order valence-electron chi connectivity index (χ4n) is 2.66. The number of hydrogen-bond donors (Lipinski definition) is 2. The van der Waals surface area contributed by atoms with Crippen molar-refractivity contribution < 1.29 is 33.0 Å². The van der Waals surface area contributed by atoms with Crippen LogP contribution in [0.25, 0.3) is 0 Å². The minimum Gasteiger partial charge on any atom is -0.497 e. The van der Waals surface area contributed by atoms with E-state index in [0.29, 0.717) is 28.5 Å². The fraction of sp³-hybridized carbons (Fsp3) is 0.130. The van der Waals surface area contributed by atoms with E-state index in [2.05, 4.69) is 15.8 Å². The van der Waals surface area contributed by atoms with Crippen LogP contribution >= 0.6 is 0 Å². The van der Waals surface area contributed by atoms with E-state index in [0.717, 1.165) is 0 Å². The summed E-state index contributed by atoms with van der Waals surface area (Å²) < 4.78 is 20.5. The Morgan fingerprint density at radius 3 is 2.27 bits per heavy atom. The number of hydrogen-bond acceptors (Lipinski definition) is 8. The van der Waals surface area contributed by atoms with Crippen LogP contribution in [-0.4, -0.2) is 37.7 Å². The van der Waals surface area contributed by atoms with E-state index in [1.165, 1.54) is 32.6 Å². The minimum absolute atomic E-state index is 0.0874. The minimum atomic E-state index is -0.969. The predicted molar refractivity (Wildman–Crippen MR) is 119 cm³/mol. The van der Waals surface area contributed by atoms with Crippen LogP contribution < -0.4 is 25.0 Å². The Bertz CT molecular complexity index is 1170. The molecule has 10 heteroatoms. The second kappa shape index (κ2) is 10.6. The van der Waals surface area contributed by atoms with E-state index < -0.39 is 17.8 Å². The number of carbonyl (C=O) groups excluding carboxylic acids is 3. The van der Waals surface area contributed by atoms with Crippen LogP contribution in [0.1, 0.15) is 23.0 Å². The molecule has 0 saturated heterocycles. The van der Waals surface area contributed by atoms with Crippen LogP contribution in [0.3, 0.4) is 0 Å². The molecule has 0 aliphatic heterocycles. The molecule has 0 saturated carbocycles. The van der Waals surface area contributed by atoms with Crippen LogP contribution in [-0.2, 0) is 9.59 Å². The van der Waals surface area contributed by atoms with Gasteiger partial charge in [-0.2, -0.15) is 5.10 Å². The molecule has 2 amide bonds. The smallest absolute Gasteiger partial charge is 0.379 e. The van der Waals surface area contributed by atoms with Crippen LogP contribution in [0.4, 0.5) is 5.69 Å². The van der Waals surface area contributed by atoms with E-state index in [1.807, 2.05) is 0 Å². The maximum absolute atomic E-state index is 12.2. The maximum atomic E-state index is 12.2. The SMILES string of the molecule is COc1ccc(OC)c(NC(=O)C(=O)N/N=C(\C)c2ccc(OC(=O)c3ccco3)cc2)c1. The largest absolute Gasteiger partial charge is 0.497 e. The summed E-state index contributed by atoms with van der Waals surface area (Å²) in [6.07, 6.45) is 1.38. The lowest BCUT2D eigenvalue weighted by molar-refractivity contribution is -0.136. The molecule has 0 bridgehead atoms. The lowest BCUT2D eigenvalue weighted by atomic mass is 10.1. The van der Waals surface area contributed by atoms with Gasteiger partial charge >= 0.3 is 17.8 Å². The number of amides is 2. The molecule has 1 heterocycles. The average Bonchev–Trinajstić information content (AvgIpc) is 3.38. The van der Waals surface area contributed by atoms with Crippen molar-refractivity contribution in [2.75, 3.05) is 19.5 Å². The van der Waals surface area contributed by atoms with Gasteiger partial charge in [-0.25, -0.2) is 10.2 Å². The number of benzene rings is 2. The van der Waals surface area contributed by atoms with Gasteiger partial charge in [-0.15, -0.1) is 0 Å². The number of nitrogens with zero attached hydrogens (tertiary/aromatic N) is 1. The summed E-state index contributed by atoms with van der Waals surface area (Å²) in [5.74, 6) is -1.28. The highest BCUT2D eigenvalue weighted by molar-refractivity contribution is 6.39. The molecule has 33 heavy (non-hydrogen) atoms. The van der Waals surface area contributed by atoms with Crippen molar-refractivity contribution in [3.8, 4) is 17.2 Å². The number of nitrogens with one attached hydrogen (secondary N) is 2. The quantitative estimate of drug-likeness (QED) is 0.186. The van der Waals surface area contributed by atoms with Crippen molar-refractivity contribution in [3.05, 3.63) is 72.2 Å². The molecule has 0 unspecified atom stereocenters. The number of ether oxygens (including phenoxy) is 3. The summed E-state index contributed by atoms with van der Waals surface area (Å²) in [6, 6.07) is 14.3. The van der Waals surface area contributed by atoms with E-state index in [1.54, 1.807) is 49.4 Å². The van der Waals surface area contributed by atoms with Gasteiger partial charge in [-0.3, -0.25) is 9.59 Å². The number of esters is 1. The first-order valence-corrected chi connectivity index (χ1v) is 9.65. The molecule has 0 fully saturated rings. The first kappa shape index (κ1) is 23.1. The van der Waals surface area contributed by atoms with Crippen LogP contribution in [0.5, 0.6) is 17.2 Å². The molecule has 0 spiro atoms. The van der Waals surface area contributed by atoms with E-state index >= 15 is 0 Å². The Kier molecular flexibility index (Phi) is 7.43. The molecule has 0 aliphatic carbocycles. The van der Waals surface area contributed by atoms with E-state index in [-0.39, 0.29) is 11.4 Å². The normalized spacial score (nSPS) is 10.8. The average molecular weight is 451 g/mol. The number of anilines is 1. The third-order valence-electron chi connectivity index (χ3n) is 4.39. The molecule has 0 atom stereocenters. The predicted octanol–water partition coefficient (Wildman–Crippen LogP) is 2.99. The molecule has 2 N–H and O–H groups in total. The standard InChI is InChI=1S/C23H21N3O7/c1-14(15-6-8-16(9-7-15)33-23(29)20-5-4-12-32-20)25-26-22(28)21(27)24-18-13-17(30-2)10-11-19(18)31-3/h4-13H,1-3H3,(H,24,27)(H,26,28)/b25-14+. The lowest BCUT2D eigenvalue weighted by Crippen LogP contribution is -2.33. The first-order chi connectivity index (χ1) is 15.9. The summed E-state index contributed by atoms with van der Waals surface area (Å²) in [7, 11) is 2.92. The first-order valence-electron chi connectivity index (χ1n) is 9.65. The molecule has 3 aromatic rings. The van der Waals surface area contributed by atoms with Gasteiger partial charge < -0.3 is 23.9 Å². The lowest BCUT2D eigenvalue weighted by Gasteiger charge is -2.11. The van der Waals surface area contributed by atoms with Crippen LogP contribution in [0.2, 0.25) is 0 Å². The molecule has 170 valence electrons. The van der Waals surface area contributed by atoms with Gasteiger partial charge in [0.05, 0.1) is 31.9 Å². The maximum Gasteiger partial charge on any atom is 0.379 e. The monoisotopic (exact) mass is 451 g/mol. The molecule has 1 aromatic heterocycles. The molecule has 3 rings (SSSR count). The zero-order valence-electron chi connectivity index (χ0n) is 18.1. The fourth-order valence-corrected chi connectivity index (χ4v) is 2.66. The molecule has 2 aromatic carbocycles. The Morgan fingerprint density at radius 1 is 0.909 bits per heavy atom. The van der Waals surface area contributed by atoms with Crippen molar-refractivity contribution in [1.82, 2.24) is 5.43 Å². The summed E-state index contributed by atoms with van der Waals surface area (Å²) >= 11 is 0. The van der Waals surface area contributed by atoms with E-state index in [4.69, 9.17) is 18.6 Å².